The van der Waals surface area contributed by atoms with Crippen LogP contribution in [-0.2, 0) is 25.7 Å². The Balaban J connectivity index is 1.28. The number of rotatable bonds is 13. The van der Waals surface area contributed by atoms with E-state index in [0.29, 0.717) is 29.2 Å². The molecule has 3 aromatic carbocycles. The second-order valence-electron chi connectivity index (χ2n) is 10.4. The number of hydrogen-bond donors (Lipinski definition) is 0. The van der Waals surface area contributed by atoms with Gasteiger partial charge in [0.05, 0.1) is 31.5 Å². The molecule has 0 aliphatic carbocycles. The summed E-state index contributed by atoms with van der Waals surface area (Å²) in [4.78, 5) is 42.3. The number of amides is 2. The molecule has 0 spiro atoms. The van der Waals surface area contributed by atoms with Crippen molar-refractivity contribution in [2.45, 2.75) is 36.5 Å². The fraction of sp³-hybridized carbons (Fsp3) is 0.257. The molecule has 5 rings (SSSR count). The molecular formula is C35H35N3O7S. The standard InChI is InChI=1S/C35H35N3O7S/c1-2-43-34(40)23-31(27-14-7-4-8-15-27)46-28-17-18-29-30(22-28)44-25-33(39)36(29)19-11-20-37(32-16-9-10-21-38(32)42)35(41)45-24-26-12-5-3-6-13-26/h3-10,12-18,21-22,31H,2,11,19-20,23-25H2,1H3. The van der Waals surface area contributed by atoms with E-state index >= 15 is 0 Å². The molecule has 1 aliphatic heterocycles. The molecule has 0 N–H and O–H groups in total. The molecule has 1 aliphatic rings. The maximum atomic E-state index is 13.2. The normalized spacial score (nSPS) is 12.9. The first-order valence-corrected chi connectivity index (χ1v) is 15.9. The van der Waals surface area contributed by atoms with Crippen molar-refractivity contribution in [2.75, 3.05) is 36.1 Å². The van der Waals surface area contributed by atoms with Crippen LogP contribution in [0.15, 0.2) is 108 Å². The number of ether oxygens (including phenoxy) is 3. The Hall–Kier alpha value is -5.03. The SMILES string of the molecule is CCOC(=O)CC(Sc1ccc2c(c1)OCC(=O)N2CCCN(C(=O)OCc1ccccc1)c1cccc[n+]1[O-])c1ccccc1. The van der Waals surface area contributed by atoms with Gasteiger partial charge in [-0.15, -0.1) is 11.8 Å². The summed E-state index contributed by atoms with van der Waals surface area (Å²) < 4.78 is 17.2. The van der Waals surface area contributed by atoms with Crippen molar-refractivity contribution in [1.82, 2.24) is 0 Å². The van der Waals surface area contributed by atoms with Crippen LogP contribution in [0.3, 0.4) is 0 Å². The maximum absolute atomic E-state index is 13.2. The Labute approximate surface area is 272 Å². The lowest BCUT2D eigenvalue weighted by molar-refractivity contribution is -0.591. The van der Waals surface area contributed by atoms with E-state index in [4.69, 9.17) is 14.2 Å². The zero-order valence-corrected chi connectivity index (χ0v) is 26.3. The summed E-state index contributed by atoms with van der Waals surface area (Å²) in [7, 11) is 0. The quantitative estimate of drug-likeness (QED) is 0.0749. The molecule has 2 amide bonds. The summed E-state index contributed by atoms with van der Waals surface area (Å²) in [5.74, 6) is 0.193. The summed E-state index contributed by atoms with van der Waals surface area (Å²) in [6, 6.07) is 29.5. The van der Waals surface area contributed by atoms with Crippen molar-refractivity contribution in [1.29, 1.82) is 0 Å². The van der Waals surface area contributed by atoms with Gasteiger partial charge in [-0.1, -0.05) is 66.7 Å². The molecule has 0 saturated carbocycles. The number of esters is 1. The molecule has 11 heteroatoms. The first-order valence-electron chi connectivity index (χ1n) is 15.0. The summed E-state index contributed by atoms with van der Waals surface area (Å²) >= 11 is 1.52. The monoisotopic (exact) mass is 641 g/mol. The van der Waals surface area contributed by atoms with E-state index in [-0.39, 0.29) is 55.7 Å². The number of pyridine rings is 1. The zero-order chi connectivity index (χ0) is 32.3. The van der Waals surface area contributed by atoms with Crippen LogP contribution in [0.5, 0.6) is 5.75 Å². The van der Waals surface area contributed by atoms with Crippen molar-refractivity contribution in [3.8, 4) is 5.75 Å². The molecule has 1 atom stereocenters. The highest BCUT2D eigenvalue weighted by Crippen LogP contribution is 2.42. The van der Waals surface area contributed by atoms with Crippen LogP contribution in [0, 0.1) is 5.21 Å². The van der Waals surface area contributed by atoms with Gasteiger partial charge in [-0.05, 0) is 42.3 Å². The smallest absolute Gasteiger partial charge is 0.507 e. The van der Waals surface area contributed by atoms with E-state index in [1.807, 2.05) is 78.9 Å². The lowest BCUT2D eigenvalue weighted by Crippen LogP contribution is -2.44. The topological polar surface area (TPSA) is 112 Å². The second kappa shape index (κ2) is 15.8. The van der Waals surface area contributed by atoms with Gasteiger partial charge >= 0.3 is 12.1 Å². The lowest BCUT2D eigenvalue weighted by atomic mass is 10.1. The molecule has 2 heterocycles. The van der Waals surface area contributed by atoms with Crippen molar-refractivity contribution >= 4 is 41.2 Å². The van der Waals surface area contributed by atoms with E-state index in [0.717, 1.165) is 16.0 Å². The molecule has 0 radical (unpaired) electrons. The van der Waals surface area contributed by atoms with Crippen LogP contribution in [0.25, 0.3) is 0 Å². The fourth-order valence-electron chi connectivity index (χ4n) is 5.05. The molecule has 46 heavy (non-hydrogen) atoms. The third kappa shape index (κ3) is 8.36. The zero-order valence-electron chi connectivity index (χ0n) is 25.4. The maximum Gasteiger partial charge on any atom is 0.507 e. The average molecular weight is 642 g/mol. The highest BCUT2D eigenvalue weighted by Gasteiger charge is 2.30. The molecule has 1 unspecified atom stereocenters. The molecular weight excluding hydrogens is 606 g/mol. The predicted octanol–water partition coefficient (Wildman–Crippen LogP) is 6.07. The fourth-order valence-corrected chi connectivity index (χ4v) is 6.21. The number of thioether (sulfide) groups is 1. The first-order chi connectivity index (χ1) is 22.4. The predicted molar refractivity (Wildman–Crippen MR) is 175 cm³/mol. The number of carbonyl (C=O) groups is 3. The van der Waals surface area contributed by atoms with Gasteiger partial charge in [0.2, 0.25) is 0 Å². The third-order valence-corrected chi connectivity index (χ3v) is 8.50. The van der Waals surface area contributed by atoms with Crippen LogP contribution in [-0.4, -0.2) is 44.3 Å². The number of aromatic nitrogens is 1. The molecule has 0 saturated heterocycles. The number of anilines is 2. The van der Waals surface area contributed by atoms with Gasteiger partial charge in [0.15, 0.2) is 6.61 Å². The summed E-state index contributed by atoms with van der Waals surface area (Å²) in [6.07, 6.45) is 1.23. The van der Waals surface area contributed by atoms with Gasteiger partial charge in [-0.2, -0.15) is 9.69 Å². The molecule has 1 aromatic heterocycles. The minimum atomic E-state index is -0.661. The van der Waals surface area contributed by atoms with Gasteiger partial charge in [0.25, 0.3) is 11.7 Å². The van der Waals surface area contributed by atoms with Crippen LogP contribution in [0.2, 0.25) is 0 Å². The minimum absolute atomic E-state index is 0.0580. The lowest BCUT2D eigenvalue weighted by Gasteiger charge is -2.30. The van der Waals surface area contributed by atoms with E-state index in [1.165, 1.54) is 22.9 Å². The van der Waals surface area contributed by atoms with Crippen molar-refractivity contribution in [2.24, 2.45) is 0 Å². The molecule has 0 fully saturated rings. The Morgan fingerprint density at radius 1 is 1.00 bits per heavy atom. The molecule has 238 valence electrons. The van der Waals surface area contributed by atoms with Gasteiger partial charge in [0, 0.05) is 29.2 Å². The van der Waals surface area contributed by atoms with Gasteiger partial charge in [-0.3, -0.25) is 9.59 Å². The van der Waals surface area contributed by atoms with Crippen molar-refractivity contribution in [3.63, 3.8) is 0 Å². The minimum Gasteiger partial charge on any atom is -0.711 e. The second-order valence-corrected chi connectivity index (χ2v) is 11.7. The van der Waals surface area contributed by atoms with Crippen LogP contribution in [0.4, 0.5) is 16.3 Å². The van der Waals surface area contributed by atoms with Crippen LogP contribution in [0.1, 0.15) is 36.1 Å². The van der Waals surface area contributed by atoms with Crippen LogP contribution >= 0.6 is 11.8 Å². The third-order valence-electron chi connectivity index (χ3n) is 7.25. The highest BCUT2D eigenvalue weighted by molar-refractivity contribution is 7.99. The van der Waals surface area contributed by atoms with Crippen molar-refractivity contribution in [3.05, 3.63) is 120 Å². The molecule has 10 nitrogen and oxygen atoms in total. The van der Waals surface area contributed by atoms with Crippen molar-refractivity contribution < 1.29 is 33.3 Å². The summed E-state index contributed by atoms with van der Waals surface area (Å²) in [5, 5.41) is 12.4. The molecule has 0 bridgehead atoms. The van der Waals surface area contributed by atoms with E-state index in [2.05, 4.69) is 0 Å². The number of benzene rings is 3. The number of fused-ring (bicyclic) bond motifs is 1. The van der Waals surface area contributed by atoms with E-state index in [1.54, 1.807) is 30.0 Å². The van der Waals surface area contributed by atoms with Gasteiger partial charge in [0.1, 0.15) is 12.4 Å². The van der Waals surface area contributed by atoms with Gasteiger partial charge in [-0.25, -0.2) is 4.73 Å². The van der Waals surface area contributed by atoms with Gasteiger partial charge < -0.3 is 24.3 Å². The Morgan fingerprint density at radius 3 is 2.48 bits per heavy atom. The number of carbonyl (C=O) groups excluding carboxylic acids is 3. The largest absolute Gasteiger partial charge is 0.711 e. The number of hydrogen-bond acceptors (Lipinski definition) is 8. The number of nitrogens with zero attached hydrogens (tertiary/aromatic N) is 3. The Bertz CT molecular complexity index is 1640. The first kappa shape index (κ1) is 32.4. The summed E-state index contributed by atoms with van der Waals surface area (Å²) in [6.45, 7) is 2.45. The molecule has 4 aromatic rings. The Kier molecular flexibility index (Phi) is 11.1. The van der Waals surface area contributed by atoms with E-state index in [9.17, 15) is 19.6 Å². The Morgan fingerprint density at radius 2 is 1.74 bits per heavy atom. The van der Waals surface area contributed by atoms with E-state index < -0.39 is 6.09 Å². The average Bonchev–Trinajstić information content (AvgIpc) is 3.07. The highest BCUT2D eigenvalue weighted by atomic mass is 32.2. The summed E-state index contributed by atoms with van der Waals surface area (Å²) in [5.41, 5.74) is 2.43. The van der Waals surface area contributed by atoms with Crippen LogP contribution < -0.4 is 19.3 Å².